The first-order valence-corrected chi connectivity index (χ1v) is 7.77. The van der Waals surface area contributed by atoms with Crippen LogP contribution < -0.4 is 10.6 Å². The molecule has 0 heterocycles. The van der Waals surface area contributed by atoms with Crippen LogP contribution in [-0.2, 0) is 21.9 Å². The van der Waals surface area contributed by atoms with E-state index < -0.39 is 41.0 Å². The van der Waals surface area contributed by atoms with Crippen LogP contribution in [0.5, 0.6) is 0 Å². The number of hydrogen-bond acceptors (Lipinski definition) is 2. The van der Waals surface area contributed by atoms with Gasteiger partial charge in [0.2, 0.25) is 0 Å². The minimum absolute atomic E-state index is 0.0775. The molecule has 0 aliphatic carbocycles. The Labute approximate surface area is 155 Å². The quantitative estimate of drug-likeness (QED) is 0.552. The Bertz CT molecular complexity index is 887. The van der Waals surface area contributed by atoms with E-state index in [0.717, 1.165) is 5.56 Å². The van der Waals surface area contributed by atoms with E-state index in [1.54, 1.807) is 31.3 Å². The number of carbonyl (C=O) groups excluding carboxylic acids is 2. The normalized spacial score (nSPS) is 11.9. The first-order chi connectivity index (χ1) is 12.8. The van der Waals surface area contributed by atoms with Crippen molar-refractivity contribution in [3.63, 3.8) is 0 Å². The number of hydrogen-bond donors (Lipinski definition) is 2. The first-order valence-electron chi connectivity index (χ1n) is 7.77. The molecule has 0 unspecified atom stereocenters. The average molecular weight is 404 g/mol. The summed E-state index contributed by atoms with van der Waals surface area (Å²) < 4.78 is 77.1. The molecule has 0 atom stereocenters. The molecular weight excluding hydrogens is 390 g/mol. The van der Waals surface area contributed by atoms with E-state index in [0.29, 0.717) is 23.4 Å². The summed E-state index contributed by atoms with van der Waals surface area (Å²) in [5, 5.41) is 4.04. The van der Waals surface area contributed by atoms with Gasteiger partial charge in [-0.25, -0.2) is 0 Å². The lowest BCUT2D eigenvalue weighted by Gasteiger charge is -2.15. The van der Waals surface area contributed by atoms with Gasteiger partial charge in [0.25, 0.3) is 0 Å². The fraction of sp³-hybridized carbons (Fsp3) is 0.222. The Balaban J connectivity index is 2.27. The molecule has 150 valence electrons. The van der Waals surface area contributed by atoms with Crippen LogP contribution in [0.15, 0.2) is 36.4 Å². The maximum Gasteiger partial charge on any atom is 0.416 e. The van der Waals surface area contributed by atoms with Crippen molar-refractivity contribution in [2.24, 2.45) is 0 Å². The van der Waals surface area contributed by atoms with E-state index in [1.165, 1.54) is 6.07 Å². The Morgan fingerprint density at radius 3 is 1.79 bits per heavy atom. The van der Waals surface area contributed by atoms with Gasteiger partial charge in [-0.05, 0) is 49.2 Å². The molecule has 10 heteroatoms. The summed E-state index contributed by atoms with van der Waals surface area (Å²) in [5.41, 5.74) is -2.25. The Morgan fingerprint density at radius 1 is 0.786 bits per heavy atom. The summed E-state index contributed by atoms with van der Waals surface area (Å²) in [6.45, 7) is 3.43. The van der Waals surface area contributed by atoms with Crippen molar-refractivity contribution in [3.05, 3.63) is 58.7 Å². The lowest BCUT2D eigenvalue weighted by molar-refractivity contribution is -0.143. The molecule has 0 aromatic heterocycles. The third-order valence-electron chi connectivity index (χ3n) is 3.90. The molecule has 0 saturated heterocycles. The molecule has 2 aromatic carbocycles. The summed E-state index contributed by atoms with van der Waals surface area (Å²) >= 11 is 0. The van der Waals surface area contributed by atoms with Crippen LogP contribution >= 0.6 is 0 Å². The molecule has 2 amide bonds. The van der Waals surface area contributed by atoms with Crippen molar-refractivity contribution in [2.45, 2.75) is 26.2 Å². The summed E-state index contributed by atoms with van der Waals surface area (Å²) in [5.74, 6) is -2.65. The molecule has 2 aromatic rings. The summed E-state index contributed by atoms with van der Waals surface area (Å²) in [7, 11) is 0. The lowest BCUT2D eigenvalue weighted by Crippen LogP contribution is -2.29. The highest BCUT2D eigenvalue weighted by molar-refractivity contribution is 6.43. The molecule has 4 nitrogen and oxygen atoms in total. The van der Waals surface area contributed by atoms with E-state index >= 15 is 0 Å². The maximum atomic E-state index is 12.8. The van der Waals surface area contributed by atoms with Gasteiger partial charge in [0.15, 0.2) is 0 Å². The van der Waals surface area contributed by atoms with Crippen LogP contribution in [0.4, 0.5) is 37.7 Å². The number of alkyl halides is 6. The minimum Gasteiger partial charge on any atom is -0.318 e. The van der Waals surface area contributed by atoms with Crippen molar-refractivity contribution in [1.29, 1.82) is 0 Å². The number of halogens is 6. The first kappa shape index (κ1) is 21.3. The highest BCUT2D eigenvalue weighted by Gasteiger charge is 2.37. The molecule has 2 N–H and O–H groups in total. The lowest BCUT2D eigenvalue weighted by atomic mass is 10.1. The van der Waals surface area contributed by atoms with Gasteiger partial charge in [-0.1, -0.05) is 12.1 Å². The SMILES string of the molecule is Cc1cccc(NC(=O)C(=O)Nc2cc(C(F)(F)F)cc(C(F)(F)F)c2)c1C. The van der Waals surface area contributed by atoms with Gasteiger partial charge in [0.05, 0.1) is 11.1 Å². The van der Waals surface area contributed by atoms with Crippen molar-refractivity contribution < 1.29 is 35.9 Å². The minimum atomic E-state index is -5.07. The molecule has 28 heavy (non-hydrogen) atoms. The Kier molecular flexibility index (Phi) is 5.72. The fourth-order valence-electron chi connectivity index (χ4n) is 2.28. The third kappa shape index (κ3) is 5.02. The van der Waals surface area contributed by atoms with E-state index in [2.05, 4.69) is 5.32 Å². The average Bonchev–Trinajstić information content (AvgIpc) is 2.57. The number of carbonyl (C=O) groups is 2. The van der Waals surface area contributed by atoms with Crippen molar-refractivity contribution in [3.8, 4) is 0 Å². The molecule has 2 rings (SSSR count). The van der Waals surface area contributed by atoms with E-state index in [4.69, 9.17) is 0 Å². The monoisotopic (exact) mass is 404 g/mol. The van der Waals surface area contributed by atoms with Gasteiger partial charge < -0.3 is 10.6 Å². The van der Waals surface area contributed by atoms with Crippen LogP contribution in [0.3, 0.4) is 0 Å². The smallest absolute Gasteiger partial charge is 0.318 e. The molecule has 0 saturated carbocycles. The predicted molar refractivity (Wildman–Crippen MR) is 89.6 cm³/mol. The predicted octanol–water partition coefficient (Wildman–Crippen LogP) is 4.92. The summed E-state index contributed by atoms with van der Waals surface area (Å²) in [4.78, 5) is 23.9. The third-order valence-corrected chi connectivity index (χ3v) is 3.90. The van der Waals surface area contributed by atoms with Gasteiger partial charge in [-0.2, -0.15) is 26.3 Å². The van der Waals surface area contributed by atoms with Crippen molar-refractivity contribution in [1.82, 2.24) is 0 Å². The van der Waals surface area contributed by atoms with Gasteiger partial charge in [-0.15, -0.1) is 0 Å². The van der Waals surface area contributed by atoms with Crippen LogP contribution in [0.1, 0.15) is 22.3 Å². The summed E-state index contributed by atoms with van der Waals surface area (Å²) in [6.07, 6.45) is -10.1. The molecule has 0 radical (unpaired) electrons. The van der Waals surface area contributed by atoms with E-state index in [9.17, 15) is 35.9 Å². The highest BCUT2D eigenvalue weighted by atomic mass is 19.4. The molecular formula is C18H14F6N2O2. The van der Waals surface area contributed by atoms with Gasteiger partial charge in [0.1, 0.15) is 0 Å². The van der Waals surface area contributed by atoms with Crippen molar-refractivity contribution >= 4 is 23.2 Å². The Hall–Kier alpha value is -3.04. The number of benzene rings is 2. The second-order valence-corrected chi connectivity index (χ2v) is 5.95. The molecule has 0 aliphatic rings. The standard InChI is InChI=1S/C18H14F6N2O2/c1-9-4-3-5-14(10(9)2)26-16(28)15(27)25-13-7-11(17(19,20)21)6-12(8-13)18(22,23)24/h3-8H,1-2H3,(H,25,27)(H,26,28). The van der Waals surface area contributed by atoms with Crippen LogP contribution in [-0.4, -0.2) is 11.8 Å². The molecule has 0 fully saturated rings. The van der Waals surface area contributed by atoms with Gasteiger partial charge in [-0.3, -0.25) is 9.59 Å². The number of anilines is 2. The number of aryl methyl sites for hydroxylation is 1. The van der Waals surface area contributed by atoms with Crippen LogP contribution in [0.25, 0.3) is 0 Å². The second-order valence-electron chi connectivity index (χ2n) is 5.95. The summed E-state index contributed by atoms with van der Waals surface area (Å²) in [6, 6.07) is 5.42. The molecule has 0 bridgehead atoms. The molecule has 0 aliphatic heterocycles. The zero-order valence-electron chi connectivity index (χ0n) is 14.5. The van der Waals surface area contributed by atoms with Gasteiger partial charge in [0, 0.05) is 11.4 Å². The Morgan fingerprint density at radius 2 is 1.29 bits per heavy atom. The van der Waals surface area contributed by atoms with Crippen molar-refractivity contribution in [2.75, 3.05) is 10.6 Å². The van der Waals surface area contributed by atoms with E-state index in [1.807, 2.05) is 0 Å². The maximum absolute atomic E-state index is 12.8. The number of nitrogens with one attached hydrogen (secondary N) is 2. The molecule has 0 spiro atoms. The number of rotatable bonds is 2. The highest BCUT2D eigenvalue weighted by Crippen LogP contribution is 2.37. The second kappa shape index (κ2) is 7.53. The zero-order chi connectivity index (χ0) is 21.3. The van der Waals surface area contributed by atoms with Crippen LogP contribution in [0.2, 0.25) is 0 Å². The van der Waals surface area contributed by atoms with Gasteiger partial charge >= 0.3 is 24.2 Å². The largest absolute Gasteiger partial charge is 0.416 e. The van der Waals surface area contributed by atoms with E-state index in [-0.39, 0.29) is 6.07 Å². The fourth-order valence-corrected chi connectivity index (χ4v) is 2.28. The zero-order valence-corrected chi connectivity index (χ0v) is 14.5. The number of amides is 2. The van der Waals surface area contributed by atoms with Crippen LogP contribution in [0, 0.1) is 13.8 Å². The topological polar surface area (TPSA) is 58.2 Å².